The number of halogens is 1. The van der Waals surface area contributed by atoms with Crippen LogP contribution in [0.4, 0.5) is 11.4 Å². The van der Waals surface area contributed by atoms with E-state index in [9.17, 15) is 14.7 Å². The van der Waals surface area contributed by atoms with Crippen LogP contribution in [0.3, 0.4) is 0 Å². The van der Waals surface area contributed by atoms with Crippen molar-refractivity contribution in [3.05, 3.63) is 92.1 Å². The summed E-state index contributed by atoms with van der Waals surface area (Å²) in [6, 6.07) is 18.2. The minimum atomic E-state index is -0.634. The Hall–Kier alpha value is -2.71. The molecule has 0 aliphatic carbocycles. The lowest BCUT2D eigenvalue weighted by Gasteiger charge is -2.17. The Labute approximate surface area is 202 Å². The smallest absolute Gasteiger partial charge is 0.255 e. The van der Waals surface area contributed by atoms with E-state index in [1.165, 1.54) is 0 Å². The molecule has 0 radical (unpaired) electrons. The highest BCUT2D eigenvalue weighted by molar-refractivity contribution is 14.1. The number of aryl methyl sites for hydroxylation is 2. The topological polar surface area (TPSA) is 78.4 Å². The van der Waals surface area contributed by atoms with E-state index >= 15 is 0 Å². The quantitative estimate of drug-likeness (QED) is 0.309. The van der Waals surface area contributed by atoms with Gasteiger partial charge in [-0.2, -0.15) is 0 Å². The van der Waals surface area contributed by atoms with Gasteiger partial charge in [0.15, 0.2) is 0 Å². The number of anilines is 2. The molecule has 0 spiro atoms. The molecule has 3 N–H and O–H groups in total. The van der Waals surface area contributed by atoms with Crippen LogP contribution in [0.15, 0.2) is 60.7 Å². The van der Waals surface area contributed by atoms with Crippen molar-refractivity contribution in [3.8, 4) is 0 Å². The second-order valence-electron chi connectivity index (χ2n) is 7.79. The lowest BCUT2D eigenvalue weighted by atomic mass is 10.0. The Balaban J connectivity index is 1.78. The third-order valence-corrected chi connectivity index (χ3v) is 5.97. The van der Waals surface area contributed by atoms with Crippen LogP contribution in [0.1, 0.15) is 63.3 Å². The van der Waals surface area contributed by atoms with Crippen molar-refractivity contribution in [1.29, 1.82) is 0 Å². The van der Waals surface area contributed by atoms with Crippen molar-refractivity contribution in [3.63, 3.8) is 0 Å². The molecule has 0 aliphatic rings. The highest BCUT2D eigenvalue weighted by Crippen LogP contribution is 2.29. The average Bonchev–Trinajstić information content (AvgIpc) is 2.75. The number of benzene rings is 3. The molecule has 0 heterocycles. The molecular weight excluding hydrogens is 515 g/mol. The van der Waals surface area contributed by atoms with E-state index in [-0.39, 0.29) is 11.8 Å². The minimum absolute atomic E-state index is 0.187. The number of hydrogen-bond donors (Lipinski definition) is 3. The number of nitrogens with one attached hydrogen (secondary N) is 2. The molecule has 3 aromatic rings. The lowest BCUT2D eigenvalue weighted by molar-refractivity contribution is 0.101. The van der Waals surface area contributed by atoms with Crippen LogP contribution < -0.4 is 10.6 Å². The minimum Gasteiger partial charge on any atom is -0.388 e. The fraction of sp³-hybridized carbons (Fsp3) is 0.231. The van der Waals surface area contributed by atoms with E-state index in [0.29, 0.717) is 34.5 Å². The fourth-order valence-corrected chi connectivity index (χ4v) is 4.08. The van der Waals surface area contributed by atoms with Crippen LogP contribution >= 0.6 is 22.6 Å². The van der Waals surface area contributed by atoms with Crippen molar-refractivity contribution in [1.82, 2.24) is 0 Å². The monoisotopic (exact) mass is 542 g/mol. The van der Waals surface area contributed by atoms with E-state index in [2.05, 4.69) is 33.2 Å². The third-order valence-electron chi connectivity index (χ3n) is 5.30. The zero-order chi connectivity index (χ0) is 23.3. The van der Waals surface area contributed by atoms with E-state index in [0.717, 1.165) is 21.1 Å². The summed E-state index contributed by atoms with van der Waals surface area (Å²) < 4.78 is 0.996. The molecule has 5 nitrogen and oxygen atoms in total. The van der Waals surface area contributed by atoms with Gasteiger partial charge in [0, 0.05) is 31.6 Å². The molecule has 166 valence electrons. The summed E-state index contributed by atoms with van der Waals surface area (Å²) in [7, 11) is 0. The largest absolute Gasteiger partial charge is 0.388 e. The Kier molecular flexibility index (Phi) is 8.04. The van der Waals surface area contributed by atoms with Crippen molar-refractivity contribution < 1.29 is 14.7 Å². The third kappa shape index (κ3) is 5.75. The van der Waals surface area contributed by atoms with Crippen LogP contribution in [-0.4, -0.2) is 16.9 Å². The molecule has 0 aromatic heterocycles. The van der Waals surface area contributed by atoms with Gasteiger partial charge in [-0.05, 0) is 96.5 Å². The highest BCUT2D eigenvalue weighted by atomic mass is 127. The zero-order valence-electron chi connectivity index (χ0n) is 18.4. The molecule has 0 saturated heterocycles. The van der Waals surface area contributed by atoms with E-state index in [4.69, 9.17) is 0 Å². The number of carbonyl (C=O) groups is 2. The second kappa shape index (κ2) is 10.7. The van der Waals surface area contributed by atoms with Gasteiger partial charge in [-0.1, -0.05) is 31.5 Å². The number of aliphatic hydroxyl groups excluding tert-OH is 1. The second-order valence-corrected chi connectivity index (χ2v) is 9.03. The average molecular weight is 542 g/mol. The standard InChI is InChI=1S/C26H27IN2O3/c1-4-7-24(30)22-15-18(27)10-13-23(22)29-26(32)21-12-11-19(14-17(21)3)28-25(31)20-9-6-5-8-16(20)2/h5-6,8-15,24,30H,4,7H2,1-3H3,(H,28,31)(H,29,32). The number of carbonyl (C=O) groups excluding carboxylic acids is 2. The molecule has 3 rings (SSSR count). The van der Waals surface area contributed by atoms with Crippen LogP contribution in [0.5, 0.6) is 0 Å². The molecule has 1 atom stereocenters. The molecule has 2 amide bonds. The van der Waals surface area contributed by atoms with Crippen molar-refractivity contribution in [2.45, 2.75) is 39.7 Å². The first-order valence-electron chi connectivity index (χ1n) is 10.6. The van der Waals surface area contributed by atoms with E-state index < -0.39 is 6.10 Å². The summed E-state index contributed by atoms with van der Waals surface area (Å²) in [5.41, 5.74) is 4.71. The van der Waals surface area contributed by atoms with Gasteiger partial charge in [-0.15, -0.1) is 0 Å². The normalized spacial score (nSPS) is 11.7. The molecule has 0 saturated carbocycles. The fourth-order valence-electron chi connectivity index (χ4n) is 3.56. The maximum absolute atomic E-state index is 13.0. The van der Waals surface area contributed by atoms with E-state index in [1.807, 2.05) is 57.2 Å². The van der Waals surface area contributed by atoms with Gasteiger partial charge in [0.1, 0.15) is 0 Å². The molecule has 1 unspecified atom stereocenters. The van der Waals surface area contributed by atoms with Crippen LogP contribution in [0.25, 0.3) is 0 Å². The van der Waals surface area contributed by atoms with E-state index in [1.54, 1.807) is 24.3 Å². The molecule has 3 aromatic carbocycles. The van der Waals surface area contributed by atoms with Gasteiger partial charge in [0.05, 0.1) is 6.10 Å². The summed E-state index contributed by atoms with van der Waals surface area (Å²) in [6.45, 7) is 5.74. The lowest BCUT2D eigenvalue weighted by Crippen LogP contribution is -2.17. The molecule has 6 heteroatoms. The predicted octanol–water partition coefficient (Wildman–Crippen LogP) is 6.25. The summed E-state index contributed by atoms with van der Waals surface area (Å²) in [4.78, 5) is 25.5. The summed E-state index contributed by atoms with van der Waals surface area (Å²) in [5, 5.41) is 16.3. The molecule has 0 aliphatic heterocycles. The Morgan fingerprint density at radius 1 is 0.906 bits per heavy atom. The van der Waals surface area contributed by atoms with Gasteiger partial charge < -0.3 is 15.7 Å². The molecule has 0 bridgehead atoms. The number of aliphatic hydroxyl groups is 1. The first kappa shape index (κ1) is 23.9. The molecular formula is C26H27IN2O3. The first-order chi connectivity index (χ1) is 15.3. The van der Waals surface area contributed by atoms with Crippen molar-refractivity contribution >= 4 is 45.8 Å². The Morgan fingerprint density at radius 2 is 1.59 bits per heavy atom. The highest BCUT2D eigenvalue weighted by Gasteiger charge is 2.17. The Morgan fingerprint density at radius 3 is 2.28 bits per heavy atom. The summed E-state index contributed by atoms with van der Waals surface area (Å²) in [6.07, 6.45) is 0.830. The number of hydrogen-bond acceptors (Lipinski definition) is 3. The molecule has 32 heavy (non-hydrogen) atoms. The first-order valence-corrected chi connectivity index (χ1v) is 11.6. The van der Waals surface area contributed by atoms with Gasteiger partial charge in [0.25, 0.3) is 11.8 Å². The van der Waals surface area contributed by atoms with Crippen molar-refractivity contribution in [2.75, 3.05) is 10.6 Å². The maximum Gasteiger partial charge on any atom is 0.255 e. The van der Waals surface area contributed by atoms with Gasteiger partial charge in [0.2, 0.25) is 0 Å². The van der Waals surface area contributed by atoms with Crippen LogP contribution in [-0.2, 0) is 0 Å². The number of amides is 2. The summed E-state index contributed by atoms with van der Waals surface area (Å²) >= 11 is 2.20. The SMILES string of the molecule is CCCC(O)c1cc(I)ccc1NC(=O)c1ccc(NC(=O)c2ccccc2C)cc1C. The van der Waals surface area contributed by atoms with Crippen molar-refractivity contribution in [2.24, 2.45) is 0 Å². The van der Waals surface area contributed by atoms with Gasteiger partial charge >= 0.3 is 0 Å². The van der Waals surface area contributed by atoms with Crippen LogP contribution in [0, 0.1) is 17.4 Å². The predicted molar refractivity (Wildman–Crippen MR) is 137 cm³/mol. The summed E-state index contributed by atoms with van der Waals surface area (Å²) in [5.74, 6) is -0.446. The zero-order valence-corrected chi connectivity index (χ0v) is 20.6. The molecule has 0 fully saturated rings. The van der Waals surface area contributed by atoms with Gasteiger partial charge in [-0.3, -0.25) is 9.59 Å². The number of rotatable bonds is 7. The Bertz CT molecular complexity index is 1140. The maximum atomic E-state index is 13.0. The van der Waals surface area contributed by atoms with Crippen LogP contribution in [0.2, 0.25) is 0 Å². The van der Waals surface area contributed by atoms with Gasteiger partial charge in [-0.25, -0.2) is 0 Å².